The van der Waals surface area contributed by atoms with Gasteiger partial charge in [-0.2, -0.15) is 0 Å². The molecule has 26 heavy (non-hydrogen) atoms. The summed E-state index contributed by atoms with van der Waals surface area (Å²) in [5.74, 6) is 1.62. The van der Waals surface area contributed by atoms with E-state index in [9.17, 15) is 9.59 Å². The SMILES string of the molecule is CC1(C)C[C@H](n2[nH]c(=O)c3c2NC(=O)CS[C@@H]3C2CCCCC2)CCO1. The van der Waals surface area contributed by atoms with E-state index in [1.165, 1.54) is 19.3 Å². The number of rotatable bonds is 2. The second-order valence-electron chi connectivity index (χ2n) is 8.51. The fourth-order valence-corrected chi connectivity index (χ4v) is 6.11. The number of anilines is 1. The first-order valence-electron chi connectivity index (χ1n) is 9.84. The molecule has 0 radical (unpaired) electrons. The van der Waals surface area contributed by atoms with E-state index in [0.29, 0.717) is 24.1 Å². The maximum absolute atomic E-state index is 12.9. The molecule has 0 bridgehead atoms. The van der Waals surface area contributed by atoms with Gasteiger partial charge in [0.05, 0.1) is 23.0 Å². The van der Waals surface area contributed by atoms with Crippen molar-refractivity contribution in [3.8, 4) is 0 Å². The first-order valence-corrected chi connectivity index (χ1v) is 10.9. The van der Waals surface area contributed by atoms with E-state index < -0.39 is 0 Å². The van der Waals surface area contributed by atoms with E-state index in [1.54, 1.807) is 11.8 Å². The first kappa shape index (κ1) is 18.2. The van der Waals surface area contributed by atoms with Crippen LogP contribution in [0.2, 0.25) is 0 Å². The van der Waals surface area contributed by atoms with Crippen LogP contribution in [0, 0.1) is 5.92 Å². The summed E-state index contributed by atoms with van der Waals surface area (Å²) < 4.78 is 7.77. The lowest BCUT2D eigenvalue weighted by molar-refractivity contribution is -0.113. The Morgan fingerprint density at radius 2 is 1.92 bits per heavy atom. The second kappa shape index (κ2) is 7.08. The van der Waals surface area contributed by atoms with Crippen molar-refractivity contribution in [3.63, 3.8) is 0 Å². The van der Waals surface area contributed by atoms with Crippen LogP contribution in [0.4, 0.5) is 5.82 Å². The van der Waals surface area contributed by atoms with Crippen molar-refractivity contribution >= 4 is 23.5 Å². The Labute approximate surface area is 158 Å². The maximum Gasteiger partial charge on any atom is 0.270 e. The molecule has 1 saturated carbocycles. The summed E-state index contributed by atoms with van der Waals surface area (Å²) in [4.78, 5) is 25.3. The monoisotopic (exact) mass is 379 g/mol. The lowest BCUT2D eigenvalue weighted by Crippen LogP contribution is -2.36. The molecular formula is C19H29N3O3S. The van der Waals surface area contributed by atoms with Crippen molar-refractivity contribution < 1.29 is 9.53 Å². The topological polar surface area (TPSA) is 76.1 Å². The molecule has 3 aliphatic rings. The zero-order valence-electron chi connectivity index (χ0n) is 15.7. The Bertz CT molecular complexity index is 733. The lowest BCUT2D eigenvalue weighted by Gasteiger charge is -2.36. The van der Waals surface area contributed by atoms with Gasteiger partial charge in [-0.05, 0) is 45.4 Å². The molecule has 6 nitrogen and oxygen atoms in total. The second-order valence-corrected chi connectivity index (χ2v) is 9.64. The number of nitrogens with zero attached hydrogens (tertiary/aromatic N) is 1. The molecule has 2 fully saturated rings. The van der Waals surface area contributed by atoms with Crippen LogP contribution >= 0.6 is 11.8 Å². The quantitative estimate of drug-likeness (QED) is 0.823. The van der Waals surface area contributed by atoms with Gasteiger partial charge in [0.25, 0.3) is 5.56 Å². The first-order chi connectivity index (χ1) is 12.4. The zero-order chi connectivity index (χ0) is 18.3. The summed E-state index contributed by atoms with van der Waals surface area (Å²) in [7, 11) is 0. The predicted octanol–water partition coefficient (Wildman–Crippen LogP) is 3.61. The standard InChI is InChI=1S/C19H29N3O3S/c1-19(2)10-13(8-9-25-19)22-17-15(18(24)21-22)16(26-11-14(23)20-17)12-6-4-3-5-7-12/h12-13,16H,3-11H2,1-2H3,(H,20,23)(H,21,24)/t13-,16-/m1/s1. The van der Waals surface area contributed by atoms with Gasteiger partial charge < -0.3 is 10.1 Å². The largest absolute Gasteiger partial charge is 0.375 e. The van der Waals surface area contributed by atoms with E-state index in [4.69, 9.17) is 4.74 Å². The van der Waals surface area contributed by atoms with Gasteiger partial charge in [-0.25, -0.2) is 0 Å². The Hall–Kier alpha value is -1.21. The number of H-pyrrole nitrogens is 1. The smallest absolute Gasteiger partial charge is 0.270 e. The Balaban J connectivity index is 1.72. The number of hydrogen-bond donors (Lipinski definition) is 2. The molecule has 1 amide bonds. The Morgan fingerprint density at radius 3 is 2.65 bits per heavy atom. The lowest BCUT2D eigenvalue weighted by atomic mass is 9.84. The van der Waals surface area contributed by atoms with Gasteiger partial charge in [-0.3, -0.25) is 19.4 Å². The summed E-state index contributed by atoms with van der Waals surface area (Å²) in [5.41, 5.74) is 0.537. The van der Waals surface area contributed by atoms with Crippen LogP contribution in [0.5, 0.6) is 0 Å². The van der Waals surface area contributed by atoms with Crippen molar-refractivity contribution in [2.75, 3.05) is 17.7 Å². The average Bonchev–Trinajstić information content (AvgIpc) is 2.81. The van der Waals surface area contributed by atoms with E-state index in [2.05, 4.69) is 24.3 Å². The Kier molecular flexibility index (Phi) is 4.94. The molecule has 2 atom stereocenters. The highest BCUT2D eigenvalue weighted by atomic mass is 32.2. The third-order valence-electron chi connectivity index (χ3n) is 6.01. The van der Waals surface area contributed by atoms with Crippen molar-refractivity contribution in [1.82, 2.24) is 9.78 Å². The number of amides is 1. The molecule has 1 aromatic rings. The van der Waals surface area contributed by atoms with Crippen LogP contribution < -0.4 is 10.9 Å². The summed E-state index contributed by atoms with van der Waals surface area (Å²) in [6.07, 6.45) is 7.71. The molecule has 0 spiro atoms. The molecule has 0 unspecified atom stereocenters. The van der Waals surface area contributed by atoms with Gasteiger partial charge in [0.1, 0.15) is 5.82 Å². The van der Waals surface area contributed by atoms with Gasteiger partial charge in [0.15, 0.2) is 0 Å². The summed E-state index contributed by atoms with van der Waals surface area (Å²) in [6.45, 7) is 4.83. The molecule has 2 aliphatic heterocycles. The van der Waals surface area contributed by atoms with E-state index in [0.717, 1.165) is 31.2 Å². The molecule has 0 aromatic carbocycles. The van der Waals surface area contributed by atoms with Crippen molar-refractivity contribution in [2.24, 2.45) is 5.92 Å². The highest BCUT2D eigenvalue weighted by Gasteiger charge is 2.38. The maximum atomic E-state index is 12.9. The molecule has 1 aliphatic carbocycles. The number of hydrogen-bond acceptors (Lipinski definition) is 4. The van der Waals surface area contributed by atoms with Crippen LogP contribution in [0.25, 0.3) is 0 Å². The molecule has 3 heterocycles. The van der Waals surface area contributed by atoms with Gasteiger partial charge in [0.2, 0.25) is 5.91 Å². The summed E-state index contributed by atoms with van der Waals surface area (Å²) in [6, 6.07) is 0.144. The minimum absolute atomic E-state index is 0.00590. The average molecular weight is 380 g/mol. The van der Waals surface area contributed by atoms with Crippen LogP contribution in [0.3, 0.4) is 0 Å². The summed E-state index contributed by atoms with van der Waals surface area (Å²) >= 11 is 1.65. The van der Waals surface area contributed by atoms with Crippen molar-refractivity contribution in [2.45, 2.75) is 75.7 Å². The number of nitrogens with one attached hydrogen (secondary N) is 2. The number of aromatic nitrogens is 2. The van der Waals surface area contributed by atoms with Crippen molar-refractivity contribution in [1.29, 1.82) is 0 Å². The van der Waals surface area contributed by atoms with E-state index in [-0.39, 0.29) is 28.4 Å². The normalized spacial score (nSPS) is 29.7. The van der Waals surface area contributed by atoms with Gasteiger partial charge >= 0.3 is 0 Å². The minimum atomic E-state index is -0.219. The number of carbonyl (C=O) groups excluding carboxylic acids is 1. The van der Waals surface area contributed by atoms with Crippen LogP contribution in [-0.4, -0.2) is 33.6 Å². The number of aromatic amines is 1. The fourth-order valence-electron chi connectivity index (χ4n) is 4.77. The van der Waals surface area contributed by atoms with Crippen LogP contribution in [0.15, 0.2) is 4.79 Å². The third-order valence-corrected chi connectivity index (χ3v) is 7.42. The van der Waals surface area contributed by atoms with E-state index >= 15 is 0 Å². The predicted molar refractivity (Wildman–Crippen MR) is 104 cm³/mol. The van der Waals surface area contributed by atoms with Gasteiger partial charge in [-0.15, -0.1) is 11.8 Å². The molecule has 1 aromatic heterocycles. The zero-order valence-corrected chi connectivity index (χ0v) is 16.5. The fraction of sp³-hybridized carbons (Fsp3) is 0.789. The minimum Gasteiger partial charge on any atom is -0.375 e. The number of ether oxygens (including phenoxy) is 1. The highest BCUT2D eigenvalue weighted by molar-refractivity contribution is 8.00. The molecule has 7 heteroatoms. The van der Waals surface area contributed by atoms with Gasteiger partial charge in [-0.1, -0.05) is 19.3 Å². The number of carbonyl (C=O) groups is 1. The molecule has 144 valence electrons. The number of fused-ring (bicyclic) bond motifs is 1. The highest BCUT2D eigenvalue weighted by Crippen LogP contribution is 2.46. The van der Waals surface area contributed by atoms with Crippen molar-refractivity contribution in [3.05, 3.63) is 15.9 Å². The Morgan fingerprint density at radius 1 is 1.15 bits per heavy atom. The third kappa shape index (κ3) is 3.48. The molecule has 1 saturated heterocycles. The van der Waals surface area contributed by atoms with Crippen LogP contribution in [0.1, 0.15) is 75.6 Å². The molecule has 4 rings (SSSR count). The summed E-state index contributed by atoms with van der Waals surface area (Å²) in [5, 5.41) is 6.21. The molecular weight excluding hydrogens is 350 g/mol. The van der Waals surface area contributed by atoms with Gasteiger partial charge in [0, 0.05) is 11.9 Å². The van der Waals surface area contributed by atoms with Crippen LogP contribution in [-0.2, 0) is 9.53 Å². The van der Waals surface area contributed by atoms with E-state index in [1.807, 2.05) is 4.68 Å². The molecule has 2 N–H and O–H groups in total. The number of thioether (sulfide) groups is 1.